The molecule has 166 valence electrons. The van der Waals surface area contributed by atoms with Crippen LogP contribution < -0.4 is 4.74 Å². The number of ether oxygens (including phenoxy) is 1. The molecular formula is C23H29N3O4S. The third-order valence-electron chi connectivity index (χ3n) is 4.94. The SMILES string of the molecule is CCOc1ccc(-c2nn(Cc3ccccc3)c3c2CN(C)CC3)cc1.CS(=O)(=O)O. The Morgan fingerprint density at radius 3 is 2.35 bits per heavy atom. The summed E-state index contributed by atoms with van der Waals surface area (Å²) in [5.74, 6) is 0.908. The molecule has 0 saturated heterocycles. The van der Waals surface area contributed by atoms with Crippen LogP contribution in [0.3, 0.4) is 0 Å². The monoisotopic (exact) mass is 443 g/mol. The van der Waals surface area contributed by atoms with Gasteiger partial charge in [0.05, 0.1) is 25.1 Å². The fraction of sp³-hybridized carbons (Fsp3) is 0.348. The topological polar surface area (TPSA) is 84.7 Å². The number of aromatic nitrogens is 2. The lowest BCUT2D eigenvalue weighted by Gasteiger charge is -2.23. The highest BCUT2D eigenvalue weighted by atomic mass is 32.2. The summed E-state index contributed by atoms with van der Waals surface area (Å²) < 4.78 is 33.6. The van der Waals surface area contributed by atoms with Gasteiger partial charge in [-0.2, -0.15) is 13.5 Å². The number of rotatable bonds is 5. The van der Waals surface area contributed by atoms with Gasteiger partial charge in [-0.05, 0) is 43.8 Å². The molecule has 0 atom stereocenters. The average Bonchev–Trinajstić information content (AvgIpc) is 3.06. The quantitative estimate of drug-likeness (QED) is 0.608. The van der Waals surface area contributed by atoms with Crippen molar-refractivity contribution in [2.45, 2.75) is 26.4 Å². The molecule has 2 heterocycles. The van der Waals surface area contributed by atoms with E-state index in [9.17, 15) is 8.42 Å². The van der Waals surface area contributed by atoms with Gasteiger partial charge in [0.1, 0.15) is 5.75 Å². The van der Waals surface area contributed by atoms with E-state index in [1.807, 2.05) is 19.1 Å². The molecule has 0 aliphatic carbocycles. The Bertz CT molecular complexity index is 1090. The first-order chi connectivity index (χ1) is 14.7. The molecule has 8 heteroatoms. The van der Waals surface area contributed by atoms with E-state index in [-0.39, 0.29) is 0 Å². The zero-order valence-corrected chi connectivity index (χ0v) is 19.0. The molecule has 0 amide bonds. The molecule has 0 bridgehead atoms. The second-order valence-corrected chi connectivity index (χ2v) is 9.06. The average molecular weight is 444 g/mol. The summed E-state index contributed by atoms with van der Waals surface area (Å²) in [7, 11) is -1.49. The summed E-state index contributed by atoms with van der Waals surface area (Å²) in [6, 6.07) is 18.9. The summed E-state index contributed by atoms with van der Waals surface area (Å²) in [6.45, 7) is 5.55. The van der Waals surface area contributed by atoms with Crippen LogP contribution in [0.5, 0.6) is 5.75 Å². The van der Waals surface area contributed by atoms with Crippen LogP contribution in [0.2, 0.25) is 0 Å². The van der Waals surface area contributed by atoms with Gasteiger partial charge < -0.3 is 9.64 Å². The van der Waals surface area contributed by atoms with E-state index in [1.165, 1.54) is 16.8 Å². The number of hydrogen-bond donors (Lipinski definition) is 1. The van der Waals surface area contributed by atoms with E-state index < -0.39 is 10.1 Å². The smallest absolute Gasteiger partial charge is 0.261 e. The van der Waals surface area contributed by atoms with Crippen LogP contribution in [-0.2, 0) is 29.6 Å². The highest BCUT2D eigenvalue weighted by Gasteiger charge is 2.24. The van der Waals surface area contributed by atoms with E-state index >= 15 is 0 Å². The number of benzene rings is 2. The predicted octanol–water partition coefficient (Wildman–Crippen LogP) is 3.49. The number of nitrogens with zero attached hydrogens (tertiary/aromatic N) is 3. The van der Waals surface area contributed by atoms with Crippen LogP contribution in [0, 0.1) is 0 Å². The van der Waals surface area contributed by atoms with Crippen LogP contribution in [0.1, 0.15) is 23.7 Å². The number of fused-ring (bicyclic) bond motifs is 1. The molecule has 0 radical (unpaired) electrons. The van der Waals surface area contributed by atoms with Gasteiger partial charge in [-0.1, -0.05) is 30.3 Å². The third-order valence-corrected chi connectivity index (χ3v) is 4.94. The molecule has 1 N–H and O–H groups in total. The zero-order valence-electron chi connectivity index (χ0n) is 18.2. The van der Waals surface area contributed by atoms with Gasteiger partial charge in [0, 0.05) is 36.3 Å². The molecule has 31 heavy (non-hydrogen) atoms. The van der Waals surface area contributed by atoms with E-state index in [4.69, 9.17) is 14.4 Å². The lowest BCUT2D eigenvalue weighted by molar-refractivity contribution is 0.308. The van der Waals surface area contributed by atoms with Crippen LogP contribution in [0.4, 0.5) is 0 Å². The van der Waals surface area contributed by atoms with Crippen LogP contribution in [0.15, 0.2) is 54.6 Å². The Kier molecular flexibility index (Phi) is 7.48. The van der Waals surface area contributed by atoms with Gasteiger partial charge in [0.15, 0.2) is 0 Å². The molecule has 1 aliphatic heterocycles. The van der Waals surface area contributed by atoms with Crippen molar-refractivity contribution < 1.29 is 17.7 Å². The highest BCUT2D eigenvalue weighted by Crippen LogP contribution is 2.31. The first kappa shape index (κ1) is 23.0. The summed E-state index contributed by atoms with van der Waals surface area (Å²) in [5, 5.41) is 5.02. The largest absolute Gasteiger partial charge is 0.494 e. The Morgan fingerprint density at radius 2 is 1.74 bits per heavy atom. The molecule has 4 rings (SSSR count). The number of likely N-dealkylation sites (N-methyl/N-ethyl adjacent to an activating group) is 1. The van der Waals surface area contributed by atoms with E-state index in [0.717, 1.165) is 43.1 Å². The Morgan fingerprint density at radius 1 is 1.10 bits per heavy atom. The van der Waals surface area contributed by atoms with Gasteiger partial charge in [-0.3, -0.25) is 9.23 Å². The molecule has 0 spiro atoms. The summed E-state index contributed by atoms with van der Waals surface area (Å²) in [5.41, 5.74) is 6.28. The maximum atomic E-state index is 9.19. The summed E-state index contributed by atoms with van der Waals surface area (Å²) >= 11 is 0. The lowest BCUT2D eigenvalue weighted by atomic mass is 10.0. The second kappa shape index (κ2) is 10.1. The van der Waals surface area contributed by atoms with E-state index in [1.54, 1.807) is 0 Å². The van der Waals surface area contributed by atoms with E-state index in [2.05, 4.69) is 59.1 Å². The molecule has 3 aromatic rings. The van der Waals surface area contributed by atoms with Crippen LogP contribution >= 0.6 is 0 Å². The summed E-state index contributed by atoms with van der Waals surface area (Å²) in [6.07, 6.45) is 1.76. The minimum atomic E-state index is -3.67. The Hall–Kier alpha value is -2.68. The fourth-order valence-corrected chi connectivity index (χ4v) is 3.62. The first-order valence-electron chi connectivity index (χ1n) is 10.2. The summed E-state index contributed by atoms with van der Waals surface area (Å²) in [4.78, 5) is 2.37. The number of hydrogen-bond acceptors (Lipinski definition) is 5. The molecule has 0 unspecified atom stereocenters. The molecule has 2 aromatic carbocycles. The van der Waals surface area contributed by atoms with Crippen molar-refractivity contribution in [3.8, 4) is 17.0 Å². The zero-order chi connectivity index (χ0) is 22.4. The van der Waals surface area contributed by atoms with Crippen molar-refractivity contribution in [3.05, 3.63) is 71.4 Å². The van der Waals surface area contributed by atoms with Gasteiger partial charge >= 0.3 is 0 Å². The van der Waals surface area contributed by atoms with Gasteiger partial charge in [-0.25, -0.2) is 0 Å². The fourth-order valence-electron chi connectivity index (χ4n) is 3.62. The van der Waals surface area contributed by atoms with Crippen molar-refractivity contribution in [2.75, 3.05) is 26.5 Å². The van der Waals surface area contributed by atoms with Crippen molar-refractivity contribution >= 4 is 10.1 Å². The molecule has 1 aromatic heterocycles. The van der Waals surface area contributed by atoms with E-state index in [0.29, 0.717) is 12.9 Å². The predicted molar refractivity (Wildman–Crippen MR) is 122 cm³/mol. The third kappa shape index (κ3) is 6.65. The maximum Gasteiger partial charge on any atom is 0.261 e. The van der Waals surface area contributed by atoms with Crippen LogP contribution in [-0.4, -0.2) is 54.1 Å². The molecule has 1 aliphatic rings. The standard InChI is InChI=1S/C22H25N3O.CH4O3S/c1-3-26-19-11-9-18(10-12-19)22-20-16-24(2)14-13-21(20)25(23-22)15-17-7-5-4-6-8-17;1-5(2,3)4/h4-12H,3,13-16H2,1-2H3;1H3,(H,2,3,4). The molecule has 0 saturated carbocycles. The van der Waals surface area contributed by atoms with Gasteiger partial charge in [0.2, 0.25) is 0 Å². The second-order valence-electron chi connectivity index (χ2n) is 7.60. The lowest BCUT2D eigenvalue weighted by Crippen LogP contribution is -2.27. The Labute approximate surface area is 184 Å². The van der Waals surface area contributed by atoms with Gasteiger partial charge in [0.25, 0.3) is 10.1 Å². The Balaban J connectivity index is 0.000000491. The minimum absolute atomic E-state index is 0.686. The highest BCUT2D eigenvalue weighted by molar-refractivity contribution is 7.85. The minimum Gasteiger partial charge on any atom is -0.494 e. The van der Waals surface area contributed by atoms with Gasteiger partial charge in [-0.15, -0.1) is 0 Å². The van der Waals surface area contributed by atoms with Crippen molar-refractivity contribution in [1.82, 2.24) is 14.7 Å². The molecule has 0 fully saturated rings. The van der Waals surface area contributed by atoms with Crippen molar-refractivity contribution in [3.63, 3.8) is 0 Å². The van der Waals surface area contributed by atoms with Crippen LogP contribution in [0.25, 0.3) is 11.3 Å². The van der Waals surface area contributed by atoms with Crippen molar-refractivity contribution in [2.24, 2.45) is 0 Å². The maximum absolute atomic E-state index is 9.19. The first-order valence-corrected chi connectivity index (χ1v) is 12.1. The van der Waals surface area contributed by atoms with Crippen molar-refractivity contribution in [1.29, 1.82) is 0 Å². The molecular weight excluding hydrogens is 414 g/mol. The normalized spacial score (nSPS) is 13.8. The molecule has 7 nitrogen and oxygen atoms in total.